The molecule has 0 spiro atoms. The summed E-state index contributed by atoms with van der Waals surface area (Å²) >= 11 is 0. The van der Waals surface area contributed by atoms with E-state index in [9.17, 15) is 9.90 Å². The van der Waals surface area contributed by atoms with Gasteiger partial charge in [-0.2, -0.15) is 0 Å². The minimum atomic E-state index is -0.0115. The third-order valence-electron chi connectivity index (χ3n) is 4.35. The van der Waals surface area contributed by atoms with Crippen LogP contribution in [0.1, 0.15) is 30.7 Å². The zero-order chi connectivity index (χ0) is 17.2. The number of amides is 1. The van der Waals surface area contributed by atoms with Crippen LogP contribution in [0.4, 0.5) is 0 Å². The van der Waals surface area contributed by atoms with Crippen molar-refractivity contribution in [2.75, 3.05) is 39.8 Å². The first kappa shape index (κ1) is 21.7. The summed E-state index contributed by atoms with van der Waals surface area (Å²) in [7, 11) is 1.68. The summed E-state index contributed by atoms with van der Waals surface area (Å²) in [6, 6.07) is 9.88. The molecule has 7 heteroatoms. The van der Waals surface area contributed by atoms with Gasteiger partial charge in [0.2, 0.25) is 5.91 Å². The van der Waals surface area contributed by atoms with Crippen LogP contribution >= 0.6 is 24.0 Å². The SMILES string of the molecule is CN=C(NCC(=O)N1CCCCC1)NCC(CO)c1ccccc1.I. The molecule has 1 fully saturated rings. The van der Waals surface area contributed by atoms with Gasteiger partial charge in [-0.05, 0) is 24.8 Å². The quantitative estimate of drug-likeness (QED) is 0.342. The van der Waals surface area contributed by atoms with Crippen LogP contribution in [0.25, 0.3) is 0 Å². The molecule has 25 heavy (non-hydrogen) atoms. The second-order valence-electron chi connectivity index (χ2n) is 6.04. The van der Waals surface area contributed by atoms with E-state index in [4.69, 9.17) is 0 Å². The number of nitrogens with zero attached hydrogens (tertiary/aromatic N) is 2. The van der Waals surface area contributed by atoms with Crippen molar-refractivity contribution in [1.82, 2.24) is 15.5 Å². The van der Waals surface area contributed by atoms with Crippen LogP contribution in [0.5, 0.6) is 0 Å². The maximum atomic E-state index is 12.2. The molecule has 1 aromatic carbocycles. The maximum absolute atomic E-state index is 12.2. The molecule has 2 rings (SSSR count). The van der Waals surface area contributed by atoms with Crippen LogP contribution in [0.3, 0.4) is 0 Å². The van der Waals surface area contributed by atoms with Gasteiger partial charge in [0.1, 0.15) is 0 Å². The number of aliphatic imine (C=N–C) groups is 1. The van der Waals surface area contributed by atoms with Gasteiger partial charge in [-0.3, -0.25) is 9.79 Å². The Bertz CT molecular complexity index is 533. The molecular weight excluding hydrogens is 431 g/mol. The highest BCUT2D eigenvalue weighted by Crippen LogP contribution is 2.13. The van der Waals surface area contributed by atoms with Gasteiger partial charge < -0.3 is 20.6 Å². The number of aliphatic hydroxyl groups is 1. The Morgan fingerprint density at radius 1 is 1.20 bits per heavy atom. The smallest absolute Gasteiger partial charge is 0.241 e. The lowest BCUT2D eigenvalue weighted by Crippen LogP contribution is -2.46. The fourth-order valence-corrected chi connectivity index (χ4v) is 2.87. The van der Waals surface area contributed by atoms with Crippen molar-refractivity contribution >= 4 is 35.8 Å². The van der Waals surface area contributed by atoms with E-state index in [2.05, 4.69) is 15.6 Å². The van der Waals surface area contributed by atoms with E-state index in [1.54, 1.807) is 7.05 Å². The predicted octanol–water partition coefficient (Wildman–Crippen LogP) is 1.56. The predicted molar refractivity (Wildman–Crippen MR) is 111 cm³/mol. The molecule has 140 valence electrons. The number of rotatable bonds is 6. The lowest BCUT2D eigenvalue weighted by atomic mass is 10.0. The van der Waals surface area contributed by atoms with Crippen LogP contribution in [-0.4, -0.2) is 61.7 Å². The third kappa shape index (κ3) is 7.19. The van der Waals surface area contributed by atoms with Crippen molar-refractivity contribution in [3.05, 3.63) is 35.9 Å². The van der Waals surface area contributed by atoms with Crippen LogP contribution in [0.15, 0.2) is 35.3 Å². The lowest BCUT2D eigenvalue weighted by Gasteiger charge is -2.27. The summed E-state index contributed by atoms with van der Waals surface area (Å²) < 4.78 is 0. The van der Waals surface area contributed by atoms with Crippen LogP contribution in [-0.2, 0) is 4.79 Å². The Morgan fingerprint density at radius 3 is 2.48 bits per heavy atom. The Labute approximate surface area is 167 Å². The van der Waals surface area contributed by atoms with E-state index in [0.29, 0.717) is 12.5 Å². The topological polar surface area (TPSA) is 77.0 Å². The fraction of sp³-hybridized carbons (Fsp3) is 0.556. The van der Waals surface area contributed by atoms with Gasteiger partial charge in [-0.15, -0.1) is 24.0 Å². The van der Waals surface area contributed by atoms with Crippen molar-refractivity contribution < 1.29 is 9.90 Å². The summed E-state index contributed by atoms with van der Waals surface area (Å²) in [4.78, 5) is 18.2. The van der Waals surface area contributed by atoms with Gasteiger partial charge in [-0.25, -0.2) is 0 Å². The molecule has 1 saturated heterocycles. The van der Waals surface area contributed by atoms with Gasteiger partial charge >= 0.3 is 0 Å². The van der Waals surface area contributed by atoms with E-state index in [-0.39, 0.29) is 49.0 Å². The first-order valence-corrected chi connectivity index (χ1v) is 8.62. The molecule has 6 nitrogen and oxygen atoms in total. The average Bonchev–Trinajstić information content (AvgIpc) is 2.66. The Kier molecular flexibility index (Phi) is 10.5. The van der Waals surface area contributed by atoms with Crippen LogP contribution in [0, 0.1) is 0 Å². The maximum Gasteiger partial charge on any atom is 0.241 e. The van der Waals surface area contributed by atoms with E-state index in [0.717, 1.165) is 31.5 Å². The van der Waals surface area contributed by atoms with Crippen LogP contribution < -0.4 is 10.6 Å². The number of piperidine rings is 1. The van der Waals surface area contributed by atoms with Gasteiger partial charge in [0.25, 0.3) is 0 Å². The van der Waals surface area contributed by atoms with Crippen molar-refractivity contribution in [3.63, 3.8) is 0 Å². The molecule has 1 atom stereocenters. The second kappa shape index (κ2) is 12.1. The first-order chi connectivity index (χ1) is 11.7. The number of hydrogen-bond donors (Lipinski definition) is 3. The zero-order valence-electron chi connectivity index (χ0n) is 14.8. The van der Waals surface area contributed by atoms with Crippen molar-refractivity contribution in [1.29, 1.82) is 0 Å². The molecule has 0 radical (unpaired) electrons. The minimum Gasteiger partial charge on any atom is -0.396 e. The minimum absolute atomic E-state index is 0. The summed E-state index contributed by atoms with van der Waals surface area (Å²) in [6.45, 7) is 2.56. The van der Waals surface area contributed by atoms with Crippen molar-refractivity contribution in [3.8, 4) is 0 Å². The number of likely N-dealkylation sites (tertiary alicyclic amines) is 1. The Morgan fingerprint density at radius 2 is 1.88 bits per heavy atom. The van der Waals surface area contributed by atoms with Crippen molar-refractivity contribution in [2.45, 2.75) is 25.2 Å². The molecule has 3 N–H and O–H groups in total. The Balaban J connectivity index is 0.00000312. The van der Waals surface area contributed by atoms with E-state index in [1.165, 1.54) is 6.42 Å². The summed E-state index contributed by atoms with van der Waals surface area (Å²) in [5, 5.41) is 15.8. The number of benzene rings is 1. The average molecular weight is 460 g/mol. The number of guanidine groups is 1. The molecular formula is C18H29IN4O2. The number of carbonyl (C=O) groups is 1. The monoisotopic (exact) mass is 460 g/mol. The van der Waals surface area contributed by atoms with E-state index >= 15 is 0 Å². The lowest BCUT2D eigenvalue weighted by molar-refractivity contribution is -0.130. The number of halogens is 1. The van der Waals surface area contributed by atoms with Gasteiger partial charge in [-0.1, -0.05) is 30.3 Å². The zero-order valence-corrected chi connectivity index (χ0v) is 17.1. The number of aliphatic hydroxyl groups excluding tert-OH is 1. The summed E-state index contributed by atoms with van der Waals surface area (Å²) in [5.41, 5.74) is 1.08. The Hall–Kier alpha value is -1.35. The van der Waals surface area contributed by atoms with E-state index in [1.807, 2.05) is 35.2 Å². The molecule has 1 unspecified atom stereocenters. The standard InChI is InChI=1S/C18H28N4O2.HI/c1-19-18(21-13-17(24)22-10-6-3-7-11-22)20-12-16(14-23)15-8-4-2-5-9-15;/h2,4-5,8-9,16,23H,3,6-7,10-14H2,1H3,(H2,19,20,21);1H. The van der Waals surface area contributed by atoms with Gasteiger partial charge in [0.05, 0.1) is 13.2 Å². The van der Waals surface area contributed by atoms with Crippen molar-refractivity contribution in [2.24, 2.45) is 4.99 Å². The number of carbonyl (C=O) groups excluding carboxylic acids is 1. The molecule has 1 amide bonds. The van der Waals surface area contributed by atoms with E-state index < -0.39 is 0 Å². The highest BCUT2D eigenvalue weighted by Gasteiger charge is 2.17. The molecule has 0 aliphatic carbocycles. The second-order valence-corrected chi connectivity index (χ2v) is 6.04. The molecule has 0 bridgehead atoms. The highest BCUT2D eigenvalue weighted by molar-refractivity contribution is 14.0. The number of nitrogens with one attached hydrogen (secondary N) is 2. The molecule has 1 heterocycles. The third-order valence-corrected chi connectivity index (χ3v) is 4.35. The molecule has 1 aliphatic heterocycles. The number of hydrogen-bond acceptors (Lipinski definition) is 3. The molecule has 0 aromatic heterocycles. The fourth-order valence-electron chi connectivity index (χ4n) is 2.87. The largest absolute Gasteiger partial charge is 0.396 e. The normalized spacial score (nSPS) is 15.9. The first-order valence-electron chi connectivity index (χ1n) is 8.62. The summed E-state index contributed by atoms with van der Waals surface area (Å²) in [5.74, 6) is 0.678. The molecule has 1 aliphatic rings. The molecule has 0 saturated carbocycles. The highest BCUT2D eigenvalue weighted by atomic mass is 127. The molecule has 1 aromatic rings. The van der Waals surface area contributed by atoms with Gasteiger partial charge in [0, 0.05) is 32.6 Å². The van der Waals surface area contributed by atoms with Gasteiger partial charge in [0.15, 0.2) is 5.96 Å². The summed E-state index contributed by atoms with van der Waals surface area (Å²) in [6.07, 6.45) is 3.39. The van der Waals surface area contributed by atoms with Crippen LogP contribution in [0.2, 0.25) is 0 Å².